The summed E-state index contributed by atoms with van der Waals surface area (Å²) in [5.41, 5.74) is 2.32. The first-order chi connectivity index (χ1) is 9.13. The van der Waals surface area contributed by atoms with Crippen LogP contribution in [0.5, 0.6) is 0 Å². The Morgan fingerprint density at radius 2 is 2.00 bits per heavy atom. The molecule has 0 fully saturated rings. The molecule has 3 rings (SSSR count). The van der Waals surface area contributed by atoms with E-state index >= 15 is 0 Å². The second-order valence-corrected chi connectivity index (χ2v) is 5.08. The molecule has 0 atom stereocenters. The third kappa shape index (κ3) is 2.31. The van der Waals surface area contributed by atoms with Gasteiger partial charge in [0.15, 0.2) is 4.96 Å². The molecular weight excluding hydrogens is 268 g/mol. The zero-order valence-electron chi connectivity index (χ0n) is 10.2. The Hall–Kier alpha value is -1.95. The summed E-state index contributed by atoms with van der Waals surface area (Å²) in [5.74, 6) is -1.18. The first-order valence-electron chi connectivity index (χ1n) is 5.74. The lowest BCUT2D eigenvalue weighted by molar-refractivity contribution is 0.584. The van der Waals surface area contributed by atoms with Crippen LogP contribution in [0.2, 0.25) is 0 Å². The van der Waals surface area contributed by atoms with Crippen LogP contribution in [0.25, 0.3) is 4.96 Å². The van der Waals surface area contributed by atoms with E-state index in [4.69, 9.17) is 0 Å². The summed E-state index contributed by atoms with van der Waals surface area (Å²) in [7, 11) is 0. The van der Waals surface area contributed by atoms with Gasteiger partial charge in [0, 0.05) is 23.3 Å². The molecule has 0 saturated heterocycles. The predicted molar refractivity (Wildman–Crippen MR) is 71.5 cm³/mol. The van der Waals surface area contributed by atoms with Crippen LogP contribution in [0.15, 0.2) is 29.8 Å². The Balaban J connectivity index is 1.85. The van der Waals surface area contributed by atoms with E-state index < -0.39 is 11.6 Å². The van der Waals surface area contributed by atoms with Gasteiger partial charge in [0.1, 0.15) is 11.6 Å². The third-order valence-electron chi connectivity index (χ3n) is 2.88. The van der Waals surface area contributed by atoms with Crippen molar-refractivity contribution in [2.75, 3.05) is 5.32 Å². The molecule has 0 aliphatic rings. The van der Waals surface area contributed by atoms with Crippen molar-refractivity contribution >= 4 is 22.0 Å². The molecule has 6 heteroatoms. The number of fused-ring (bicyclic) bond motifs is 1. The Kier molecular flexibility index (Phi) is 2.94. The van der Waals surface area contributed by atoms with Crippen molar-refractivity contribution in [3.8, 4) is 0 Å². The van der Waals surface area contributed by atoms with Crippen LogP contribution in [-0.4, -0.2) is 9.38 Å². The van der Waals surface area contributed by atoms with Gasteiger partial charge in [-0.25, -0.2) is 13.8 Å². The van der Waals surface area contributed by atoms with E-state index in [1.165, 1.54) is 12.1 Å². The quantitative estimate of drug-likeness (QED) is 0.794. The number of aromatic nitrogens is 2. The fourth-order valence-electron chi connectivity index (χ4n) is 2.00. The molecule has 0 bridgehead atoms. The van der Waals surface area contributed by atoms with Crippen LogP contribution in [0.4, 0.5) is 14.5 Å². The summed E-state index contributed by atoms with van der Waals surface area (Å²) < 4.78 is 28.1. The average molecular weight is 279 g/mol. The number of anilines is 1. The van der Waals surface area contributed by atoms with E-state index in [-0.39, 0.29) is 0 Å². The van der Waals surface area contributed by atoms with E-state index in [2.05, 4.69) is 10.3 Å². The lowest BCUT2D eigenvalue weighted by Gasteiger charge is -2.07. The van der Waals surface area contributed by atoms with E-state index in [0.29, 0.717) is 12.2 Å². The summed E-state index contributed by atoms with van der Waals surface area (Å²) in [6, 6.07) is 3.39. The number of nitrogens with zero attached hydrogens (tertiary/aromatic N) is 2. The largest absolute Gasteiger partial charge is 0.379 e. The molecule has 3 nitrogen and oxygen atoms in total. The van der Waals surface area contributed by atoms with Gasteiger partial charge in [-0.2, -0.15) is 0 Å². The number of aryl methyl sites for hydroxylation is 1. The molecule has 0 saturated carbocycles. The number of halogens is 2. The van der Waals surface area contributed by atoms with Gasteiger partial charge in [0.25, 0.3) is 0 Å². The minimum atomic E-state index is -0.590. The Labute approximate surface area is 112 Å². The van der Waals surface area contributed by atoms with Gasteiger partial charge in [-0.1, -0.05) is 0 Å². The summed E-state index contributed by atoms with van der Waals surface area (Å²) in [6.07, 6.45) is 1.93. The fraction of sp³-hybridized carbons (Fsp3) is 0.154. The maximum atomic E-state index is 13.1. The fourth-order valence-corrected chi connectivity index (χ4v) is 2.77. The maximum Gasteiger partial charge on any atom is 0.194 e. The molecule has 1 aromatic carbocycles. The smallest absolute Gasteiger partial charge is 0.194 e. The summed E-state index contributed by atoms with van der Waals surface area (Å²) in [4.78, 5) is 5.33. The number of hydrogen-bond donors (Lipinski definition) is 1. The van der Waals surface area contributed by atoms with Crippen LogP contribution in [0.1, 0.15) is 11.4 Å². The Bertz CT molecular complexity index is 712. The summed E-state index contributed by atoms with van der Waals surface area (Å²) >= 11 is 1.55. The normalized spacial score (nSPS) is 11.1. The van der Waals surface area contributed by atoms with Gasteiger partial charge in [-0.3, -0.25) is 4.40 Å². The summed E-state index contributed by atoms with van der Waals surface area (Å²) in [5, 5.41) is 4.97. The van der Waals surface area contributed by atoms with Crippen LogP contribution < -0.4 is 5.32 Å². The van der Waals surface area contributed by atoms with Gasteiger partial charge in [0.05, 0.1) is 17.9 Å². The molecular formula is C13H11F2N3S. The molecule has 0 radical (unpaired) electrons. The number of benzene rings is 1. The van der Waals surface area contributed by atoms with E-state index in [1.807, 2.05) is 22.9 Å². The molecule has 0 aliphatic heterocycles. The van der Waals surface area contributed by atoms with Crippen molar-refractivity contribution in [2.45, 2.75) is 13.5 Å². The van der Waals surface area contributed by atoms with Gasteiger partial charge in [-0.05, 0) is 19.1 Å². The second-order valence-electron chi connectivity index (χ2n) is 4.21. The van der Waals surface area contributed by atoms with E-state index in [1.54, 1.807) is 11.3 Å². The third-order valence-corrected chi connectivity index (χ3v) is 3.64. The summed E-state index contributed by atoms with van der Waals surface area (Å²) in [6.45, 7) is 2.38. The lowest BCUT2D eigenvalue weighted by atomic mass is 10.2. The molecule has 0 unspecified atom stereocenters. The number of nitrogens with one attached hydrogen (secondary N) is 1. The van der Waals surface area contributed by atoms with Crippen LogP contribution in [0, 0.1) is 18.6 Å². The molecule has 1 N–H and O–H groups in total. The molecule has 0 aliphatic carbocycles. The Morgan fingerprint density at radius 1 is 1.26 bits per heavy atom. The molecule has 0 spiro atoms. The standard InChI is InChI=1S/C13H11F2N3S/c1-8-12(18-2-3-19-13(18)17-8)7-16-11-5-9(14)4-10(15)6-11/h2-6,16H,7H2,1H3. The topological polar surface area (TPSA) is 29.3 Å². The van der Waals surface area contributed by atoms with Crippen LogP contribution in [-0.2, 0) is 6.54 Å². The number of thiazole rings is 1. The average Bonchev–Trinajstić information content (AvgIpc) is 2.86. The number of hydrogen-bond acceptors (Lipinski definition) is 3. The first-order valence-corrected chi connectivity index (χ1v) is 6.62. The lowest BCUT2D eigenvalue weighted by Crippen LogP contribution is -2.04. The van der Waals surface area contributed by atoms with Gasteiger partial charge in [0.2, 0.25) is 0 Å². The highest BCUT2D eigenvalue weighted by atomic mass is 32.1. The minimum absolute atomic E-state index is 0.419. The van der Waals surface area contributed by atoms with Gasteiger partial charge >= 0.3 is 0 Å². The van der Waals surface area contributed by atoms with Crippen molar-refractivity contribution in [2.24, 2.45) is 0 Å². The van der Waals surface area contributed by atoms with Crippen molar-refractivity contribution in [1.29, 1.82) is 0 Å². The molecule has 3 aromatic rings. The van der Waals surface area contributed by atoms with Crippen molar-refractivity contribution < 1.29 is 8.78 Å². The maximum absolute atomic E-state index is 13.1. The zero-order valence-corrected chi connectivity index (χ0v) is 11.0. The second kappa shape index (κ2) is 4.62. The molecule has 2 aromatic heterocycles. The minimum Gasteiger partial charge on any atom is -0.379 e. The van der Waals surface area contributed by atoms with Gasteiger partial charge < -0.3 is 5.32 Å². The molecule has 0 amide bonds. The number of rotatable bonds is 3. The van der Waals surface area contributed by atoms with Gasteiger partial charge in [-0.15, -0.1) is 11.3 Å². The highest BCUT2D eigenvalue weighted by Gasteiger charge is 2.09. The molecule has 19 heavy (non-hydrogen) atoms. The monoisotopic (exact) mass is 279 g/mol. The van der Waals surface area contributed by atoms with Crippen LogP contribution >= 0.6 is 11.3 Å². The number of imidazole rings is 1. The van der Waals surface area contributed by atoms with Crippen molar-refractivity contribution in [3.63, 3.8) is 0 Å². The predicted octanol–water partition coefficient (Wildman–Crippen LogP) is 3.59. The SMILES string of the molecule is Cc1nc2sccn2c1CNc1cc(F)cc(F)c1. The van der Waals surface area contributed by atoms with E-state index in [0.717, 1.165) is 22.4 Å². The molecule has 2 heterocycles. The van der Waals surface area contributed by atoms with Crippen molar-refractivity contribution in [3.05, 3.63) is 52.8 Å². The zero-order chi connectivity index (χ0) is 13.4. The van der Waals surface area contributed by atoms with Crippen molar-refractivity contribution in [1.82, 2.24) is 9.38 Å². The van der Waals surface area contributed by atoms with Crippen LogP contribution in [0.3, 0.4) is 0 Å². The van der Waals surface area contributed by atoms with E-state index in [9.17, 15) is 8.78 Å². The highest BCUT2D eigenvalue weighted by Crippen LogP contribution is 2.19. The molecule has 98 valence electrons. The highest BCUT2D eigenvalue weighted by molar-refractivity contribution is 7.15. The Morgan fingerprint density at radius 3 is 2.74 bits per heavy atom. The first kappa shape index (κ1) is 12.1.